The van der Waals surface area contributed by atoms with Crippen molar-refractivity contribution in [3.05, 3.63) is 46.8 Å². The zero-order valence-electron chi connectivity index (χ0n) is 10.9. The Balaban J connectivity index is 2.12. The maximum Gasteiger partial charge on any atom is 0.126 e. The molecule has 2 rings (SSSR count). The Morgan fingerprint density at radius 2 is 2.22 bits per heavy atom. The normalized spacial score (nSPS) is 17.4. The predicted octanol–water partition coefficient (Wildman–Crippen LogP) is 3.53. The van der Waals surface area contributed by atoms with Gasteiger partial charge in [-0.2, -0.15) is 0 Å². The van der Waals surface area contributed by atoms with E-state index in [9.17, 15) is 4.39 Å². The van der Waals surface area contributed by atoms with Crippen molar-refractivity contribution in [1.82, 2.24) is 5.43 Å². The third-order valence-electron chi connectivity index (χ3n) is 3.65. The van der Waals surface area contributed by atoms with Crippen LogP contribution in [0.5, 0.6) is 0 Å². The molecule has 0 amide bonds. The molecule has 0 saturated carbocycles. The van der Waals surface area contributed by atoms with E-state index in [-0.39, 0.29) is 11.9 Å². The summed E-state index contributed by atoms with van der Waals surface area (Å²) in [4.78, 5) is 0. The Bertz CT molecular complexity index is 440. The maximum atomic E-state index is 13.6. The molecular formula is C15H21FN2. The summed E-state index contributed by atoms with van der Waals surface area (Å²) in [6, 6.07) is 5.35. The highest BCUT2D eigenvalue weighted by atomic mass is 19.1. The van der Waals surface area contributed by atoms with Crippen molar-refractivity contribution in [2.45, 2.75) is 45.1 Å². The summed E-state index contributed by atoms with van der Waals surface area (Å²) in [5.41, 5.74) is 5.84. The molecule has 1 aromatic rings. The number of rotatable bonds is 4. The van der Waals surface area contributed by atoms with Gasteiger partial charge in [-0.1, -0.05) is 23.8 Å². The second kappa shape index (κ2) is 6.12. The minimum atomic E-state index is -0.162. The van der Waals surface area contributed by atoms with E-state index in [0.717, 1.165) is 24.8 Å². The molecule has 1 unspecified atom stereocenters. The van der Waals surface area contributed by atoms with Crippen molar-refractivity contribution in [1.29, 1.82) is 0 Å². The van der Waals surface area contributed by atoms with Crippen LogP contribution in [0, 0.1) is 12.7 Å². The molecule has 1 aromatic carbocycles. The average Bonchev–Trinajstić information content (AvgIpc) is 2.40. The summed E-state index contributed by atoms with van der Waals surface area (Å²) in [5, 5.41) is 0. The van der Waals surface area contributed by atoms with Gasteiger partial charge in [0.25, 0.3) is 0 Å². The van der Waals surface area contributed by atoms with Crippen LogP contribution in [0.1, 0.15) is 49.3 Å². The quantitative estimate of drug-likeness (QED) is 0.486. The van der Waals surface area contributed by atoms with Crippen LogP contribution in [-0.2, 0) is 0 Å². The van der Waals surface area contributed by atoms with Crippen LogP contribution >= 0.6 is 0 Å². The van der Waals surface area contributed by atoms with Gasteiger partial charge in [-0.05, 0) is 56.2 Å². The number of benzene rings is 1. The second-order valence-electron chi connectivity index (χ2n) is 5.04. The molecule has 0 aromatic heterocycles. The molecule has 0 fully saturated rings. The highest BCUT2D eigenvalue weighted by molar-refractivity contribution is 5.27. The van der Waals surface area contributed by atoms with Crippen LogP contribution in [0.15, 0.2) is 29.8 Å². The van der Waals surface area contributed by atoms with E-state index < -0.39 is 0 Å². The molecule has 1 atom stereocenters. The fourth-order valence-corrected chi connectivity index (χ4v) is 2.45. The van der Waals surface area contributed by atoms with Gasteiger partial charge in [0, 0.05) is 6.04 Å². The highest BCUT2D eigenvalue weighted by Gasteiger charge is 2.14. The van der Waals surface area contributed by atoms with Gasteiger partial charge >= 0.3 is 0 Å². The Hall–Kier alpha value is -1.19. The average molecular weight is 248 g/mol. The fraction of sp³-hybridized carbons (Fsp3) is 0.467. The number of halogens is 1. The molecule has 18 heavy (non-hydrogen) atoms. The van der Waals surface area contributed by atoms with Gasteiger partial charge in [-0.15, -0.1) is 0 Å². The molecule has 0 saturated heterocycles. The summed E-state index contributed by atoms with van der Waals surface area (Å²) in [5.74, 6) is 5.45. The first-order chi connectivity index (χ1) is 8.70. The molecule has 0 bridgehead atoms. The van der Waals surface area contributed by atoms with Crippen molar-refractivity contribution in [2.24, 2.45) is 5.84 Å². The highest BCUT2D eigenvalue weighted by Crippen LogP contribution is 2.27. The van der Waals surface area contributed by atoms with E-state index in [1.54, 1.807) is 13.0 Å². The Morgan fingerprint density at radius 3 is 2.83 bits per heavy atom. The number of nitrogens with one attached hydrogen (secondary N) is 1. The summed E-state index contributed by atoms with van der Waals surface area (Å²) in [7, 11) is 0. The van der Waals surface area contributed by atoms with Crippen molar-refractivity contribution in [3.8, 4) is 0 Å². The van der Waals surface area contributed by atoms with Crippen molar-refractivity contribution in [2.75, 3.05) is 0 Å². The van der Waals surface area contributed by atoms with Crippen LogP contribution in [0.25, 0.3) is 0 Å². The second-order valence-corrected chi connectivity index (χ2v) is 5.04. The minimum Gasteiger partial charge on any atom is -0.271 e. The van der Waals surface area contributed by atoms with Gasteiger partial charge < -0.3 is 0 Å². The molecule has 0 spiro atoms. The SMILES string of the molecule is Cc1ccc(C(CC2=CCCCC2)NN)cc1F. The zero-order chi connectivity index (χ0) is 13.0. The van der Waals surface area contributed by atoms with Crippen molar-refractivity contribution < 1.29 is 4.39 Å². The van der Waals surface area contributed by atoms with E-state index in [1.165, 1.54) is 18.4 Å². The smallest absolute Gasteiger partial charge is 0.126 e. The van der Waals surface area contributed by atoms with E-state index in [4.69, 9.17) is 5.84 Å². The Morgan fingerprint density at radius 1 is 1.39 bits per heavy atom. The number of hydrazine groups is 1. The molecule has 0 radical (unpaired) electrons. The zero-order valence-corrected chi connectivity index (χ0v) is 10.9. The Kier molecular flexibility index (Phi) is 4.50. The molecular weight excluding hydrogens is 227 g/mol. The van der Waals surface area contributed by atoms with Gasteiger partial charge in [0.15, 0.2) is 0 Å². The van der Waals surface area contributed by atoms with E-state index in [0.29, 0.717) is 5.56 Å². The van der Waals surface area contributed by atoms with Crippen LogP contribution in [0.4, 0.5) is 4.39 Å². The number of aryl methyl sites for hydroxylation is 1. The van der Waals surface area contributed by atoms with Crippen LogP contribution < -0.4 is 11.3 Å². The van der Waals surface area contributed by atoms with Gasteiger partial charge in [0.05, 0.1) is 0 Å². The largest absolute Gasteiger partial charge is 0.271 e. The van der Waals surface area contributed by atoms with Crippen LogP contribution in [0.2, 0.25) is 0 Å². The molecule has 1 aliphatic carbocycles. The van der Waals surface area contributed by atoms with Gasteiger partial charge in [0.1, 0.15) is 5.82 Å². The molecule has 0 heterocycles. The number of hydrogen-bond donors (Lipinski definition) is 2. The lowest BCUT2D eigenvalue weighted by molar-refractivity contribution is 0.523. The maximum absolute atomic E-state index is 13.6. The van der Waals surface area contributed by atoms with Crippen LogP contribution in [-0.4, -0.2) is 0 Å². The third-order valence-corrected chi connectivity index (χ3v) is 3.65. The monoisotopic (exact) mass is 248 g/mol. The topological polar surface area (TPSA) is 38.0 Å². The molecule has 3 N–H and O–H groups in total. The van der Waals surface area contributed by atoms with Gasteiger partial charge in [-0.3, -0.25) is 11.3 Å². The first-order valence-electron chi connectivity index (χ1n) is 6.61. The lowest BCUT2D eigenvalue weighted by Crippen LogP contribution is -2.28. The summed E-state index contributed by atoms with van der Waals surface area (Å²) >= 11 is 0. The minimum absolute atomic E-state index is 0.00412. The summed E-state index contributed by atoms with van der Waals surface area (Å²) in [6.07, 6.45) is 8.02. The number of hydrogen-bond acceptors (Lipinski definition) is 2. The lowest BCUT2D eigenvalue weighted by atomic mass is 9.91. The molecule has 3 heteroatoms. The molecule has 0 aliphatic heterocycles. The van der Waals surface area contributed by atoms with E-state index >= 15 is 0 Å². The molecule has 2 nitrogen and oxygen atoms in total. The van der Waals surface area contributed by atoms with Gasteiger partial charge in [-0.25, -0.2) is 4.39 Å². The number of allylic oxidation sites excluding steroid dienone is 1. The number of nitrogens with two attached hydrogens (primary N) is 1. The Labute approximate surface area is 108 Å². The predicted molar refractivity (Wildman–Crippen MR) is 72.4 cm³/mol. The van der Waals surface area contributed by atoms with Crippen LogP contribution in [0.3, 0.4) is 0 Å². The van der Waals surface area contributed by atoms with E-state index in [1.807, 2.05) is 12.1 Å². The summed E-state index contributed by atoms with van der Waals surface area (Å²) in [6.45, 7) is 1.77. The third kappa shape index (κ3) is 3.18. The fourth-order valence-electron chi connectivity index (χ4n) is 2.45. The molecule has 98 valence electrons. The standard InChI is InChI=1S/C15H21FN2/c1-11-7-8-13(10-14(11)16)15(18-17)9-12-5-3-2-4-6-12/h5,7-8,10,15,18H,2-4,6,9,17H2,1H3. The molecule has 1 aliphatic rings. The summed E-state index contributed by atoms with van der Waals surface area (Å²) < 4.78 is 13.6. The van der Waals surface area contributed by atoms with E-state index in [2.05, 4.69) is 11.5 Å². The first-order valence-corrected chi connectivity index (χ1v) is 6.61. The van der Waals surface area contributed by atoms with Crippen molar-refractivity contribution >= 4 is 0 Å². The van der Waals surface area contributed by atoms with Gasteiger partial charge in [0.2, 0.25) is 0 Å². The lowest BCUT2D eigenvalue weighted by Gasteiger charge is -2.20. The van der Waals surface area contributed by atoms with Crippen molar-refractivity contribution in [3.63, 3.8) is 0 Å². The first kappa shape index (κ1) is 13.2.